The van der Waals surface area contributed by atoms with Crippen LogP contribution in [0.5, 0.6) is 6.01 Å². The van der Waals surface area contributed by atoms with Gasteiger partial charge in [-0.25, -0.2) is 4.79 Å². The standard InChI is InChI=1S/C23H32N4O5/c1-6-30-15(2)27-12-9-17(10-13-27)26-32-22-24-20(29)19-16(8-7-11-23(3,4)5)14-18(28)31-21(19)25-22/h14H,2,6-13H2,1,3-5H3,(H,24,25,29). The van der Waals surface area contributed by atoms with E-state index < -0.39 is 11.2 Å². The summed E-state index contributed by atoms with van der Waals surface area (Å²) in [6, 6.07) is 1.26. The molecule has 0 bridgehead atoms. The third-order valence-electron chi connectivity index (χ3n) is 5.31. The Balaban J connectivity index is 1.73. The number of hydrogen-bond acceptors (Lipinski definition) is 8. The SMILES string of the molecule is C=C(OCC)N1CCC(=NOc2nc3oc(=O)cc(CCCC(C)(C)C)c3c(=O)[nH]2)CC1. The highest BCUT2D eigenvalue weighted by molar-refractivity contribution is 5.85. The van der Waals surface area contributed by atoms with E-state index in [0.717, 1.165) is 31.6 Å². The fraction of sp³-hybridized carbons (Fsp3) is 0.565. The van der Waals surface area contributed by atoms with Crippen LogP contribution >= 0.6 is 0 Å². The number of piperidine rings is 1. The van der Waals surface area contributed by atoms with Crippen LogP contribution in [-0.2, 0) is 11.2 Å². The molecule has 0 atom stereocenters. The van der Waals surface area contributed by atoms with Gasteiger partial charge in [0.1, 0.15) is 5.39 Å². The van der Waals surface area contributed by atoms with E-state index in [9.17, 15) is 9.59 Å². The van der Waals surface area contributed by atoms with Crippen molar-refractivity contribution in [2.45, 2.75) is 59.8 Å². The predicted molar refractivity (Wildman–Crippen MR) is 123 cm³/mol. The second-order valence-electron chi connectivity index (χ2n) is 9.12. The van der Waals surface area contributed by atoms with Gasteiger partial charge in [0, 0.05) is 32.0 Å². The zero-order valence-electron chi connectivity index (χ0n) is 19.3. The molecule has 32 heavy (non-hydrogen) atoms. The third kappa shape index (κ3) is 6.21. The number of ether oxygens (including phenoxy) is 1. The summed E-state index contributed by atoms with van der Waals surface area (Å²) >= 11 is 0. The van der Waals surface area contributed by atoms with E-state index in [1.54, 1.807) is 0 Å². The van der Waals surface area contributed by atoms with Crippen molar-refractivity contribution in [1.82, 2.24) is 14.9 Å². The van der Waals surface area contributed by atoms with Crippen LogP contribution in [0.15, 0.2) is 37.7 Å². The van der Waals surface area contributed by atoms with Crippen molar-refractivity contribution in [3.05, 3.63) is 44.9 Å². The number of H-pyrrole nitrogens is 1. The molecule has 2 aromatic heterocycles. The lowest BCUT2D eigenvalue weighted by Gasteiger charge is -2.29. The Labute approximate surface area is 187 Å². The largest absolute Gasteiger partial charge is 0.480 e. The molecule has 0 spiro atoms. The van der Waals surface area contributed by atoms with Crippen LogP contribution in [-0.4, -0.2) is 40.3 Å². The first-order valence-electron chi connectivity index (χ1n) is 11.0. The molecule has 0 radical (unpaired) electrons. The van der Waals surface area contributed by atoms with Crippen LogP contribution < -0.4 is 16.0 Å². The zero-order valence-corrected chi connectivity index (χ0v) is 19.3. The molecule has 3 rings (SSSR count). The van der Waals surface area contributed by atoms with Crippen molar-refractivity contribution >= 4 is 16.8 Å². The summed E-state index contributed by atoms with van der Waals surface area (Å²) in [7, 11) is 0. The Bertz CT molecular complexity index is 1100. The molecule has 0 amide bonds. The van der Waals surface area contributed by atoms with Crippen molar-refractivity contribution in [1.29, 1.82) is 0 Å². The summed E-state index contributed by atoms with van der Waals surface area (Å²) in [6.45, 7) is 14.3. The monoisotopic (exact) mass is 444 g/mol. The number of aromatic amines is 1. The molecule has 1 N–H and O–H groups in total. The minimum Gasteiger partial charge on any atom is -0.480 e. The Hall–Kier alpha value is -3.10. The molecule has 9 nitrogen and oxygen atoms in total. The van der Waals surface area contributed by atoms with E-state index in [4.69, 9.17) is 14.0 Å². The maximum Gasteiger partial charge on any atom is 0.337 e. The van der Waals surface area contributed by atoms with Gasteiger partial charge in [0.2, 0.25) is 5.71 Å². The van der Waals surface area contributed by atoms with Crippen molar-refractivity contribution in [2.24, 2.45) is 10.6 Å². The topological polar surface area (TPSA) is 110 Å². The summed E-state index contributed by atoms with van der Waals surface area (Å²) in [4.78, 5) is 38.9. The van der Waals surface area contributed by atoms with Crippen LogP contribution in [0.2, 0.25) is 0 Å². The number of aromatic nitrogens is 2. The van der Waals surface area contributed by atoms with Crippen LogP contribution in [0.1, 0.15) is 58.9 Å². The maximum atomic E-state index is 12.7. The summed E-state index contributed by atoms with van der Waals surface area (Å²) in [6.07, 6.45) is 3.76. The first-order chi connectivity index (χ1) is 15.2. The molecule has 0 unspecified atom stereocenters. The molecule has 0 saturated carbocycles. The zero-order chi connectivity index (χ0) is 23.3. The minimum absolute atomic E-state index is 0.0370. The van der Waals surface area contributed by atoms with E-state index in [-0.39, 0.29) is 22.5 Å². The molecule has 174 valence electrons. The van der Waals surface area contributed by atoms with Crippen LogP contribution in [0.25, 0.3) is 11.1 Å². The Morgan fingerprint density at radius 3 is 2.69 bits per heavy atom. The number of oxime groups is 1. The highest BCUT2D eigenvalue weighted by Gasteiger charge is 2.19. The molecule has 1 aliphatic heterocycles. The lowest BCUT2D eigenvalue weighted by molar-refractivity contribution is 0.121. The first kappa shape index (κ1) is 23.6. The normalized spacial score (nSPS) is 14.5. The van der Waals surface area contributed by atoms with Crippen molar-refractivity contribution < 1.29 is 14.0 Å². The maximum absolute atomic E-state index is 12.7. The molecule has 1 fully saturated rings. The Kier molecular flexibility index (Phi) is 7.37. The van der Waals surface area contributed by atoms with E-state index in [2.05, 4.69) is 47.4 Å². The Morgan fingerprint density at radius 2 is 2.03 bits per heavy atom. The minimum atomic E-state index is -0.541. The van der Waals surface area contributed by atoms with Gasteiger partial charge in [-0.15, -0.1) is 0 Å². The smallest absolute Gasteiger partial charge is 0.337 e. The number of nitrogens with one attached hydrogen (secondary N) is 1. The fourth-order valence-corrected chi connectivity index (χ4v) is 3.65. The number of likely N-dealkylation sites (tertiary alicyclic amines) is 1. The van der Waals surface area contributed by atoms with Crippen LogP contribution in [0.4, 0.5) is 0 Å². The summed E-state index contributed by atoms with van der Waals surface area (Å²) in [5, 5.41) is 4.41. The van der Waals surface area contributed by atoms with Gasteiger partial charge in [-0.3, -0.25) is 9.78 Å². The first-order valence-corrected chi connectivity index (χ1v) is 11.0. The second kappa shape index (κ2) is 10.0. The lowest BCUT2D eigenvalue weighted by atomic mass is 9.89. The van der Waals surface area contributed by atoms with Gasteiger partial charge < -0.3 is 18.9 Å². The highest BCUT2D eigenvalue weighted by Crippen LogP contribution is 2.23. The summed E-state index contributed by atoms with van der Waals surface area (Å²) < 4.78 is 10.6. The molecule has 3 heterocycles. The van der Waals surface area contributed by atoms with Crippen molar-refractivity contribution in [3.63, 3.8) is 0 Å². The molecule has 2 aromatic rings. The molecule has 9 heteroatoms. The molecule has 0 aromatic carbocycles. The summed E-state index contributed by atoms with van der Waals surface area (Å²) in [5.41, 5.74) is 0.653. The average Bonchev–Trinajstić information content (AvgIpc) is 2.71. The number of nitrogens with zero attached hydrogens (tertiary/aromatic N) is 3. The van der Waals surface area contributed by atoms with E-state index in [0.29, 0.717) is 37.3 Å². The van der Waals surface area contributed by atoms with Gasteiger partial charge in [0.25, 0.3) is 5.56 Å². The summed E-state index contributed by atoms with van der Waals surface area (Å²) in [5.74, 6) is 0.654. The third-order valence-corrected chi connectivity index (χ3v) is 5.31. The van der Waals surface area contributed by atoms with Crippen molar-refractivity contribution in [3.8, 4) is 6.01 Å². The molecular formula is C23H32N4O5. The fourth-order valence-electron chi connectivity index (χ4n) is 3.65. The second-order valence-corrected chi connectivity index (χ2v) is 9.12. The Morgan fingerprint density at radius 1 is 1.31 bits per heavy atom. The molecule has 1 saturated heterocycles. The van der Waals surface area contributed by atoms with E-state index in [1.807, 2.05) is 6.92 Å². The predicted octanol–water partition coefficient (Wildman–Crippen LogP) is 3.58. The number of aryl methyl sites for hydroxylation is 1. The molecule has 0 aliphatic carbocycles. The molecule has 1 aliphatic rings. The quantitative estimate of drug-likeness (QED) is 0.489. The average molecular weight is 445 g/mol. The number of hydrogen-bond donors (Lipinski definition) is 1. The van der Waals surface area contributed by atoms with E-state index in [1.165, 1.54) is 6.07 Å². The highest BCUT2D eigenvalue weighted by atomic mass is 16.6. The van der Waals surface area contributed by atoms with Gasteiger partial charge in [-0.05, 0) is 43.7 Å². The lowest BCUT2D eigenvalue weighted by Crippen LogP contribution is -2.34. The number of fused-ring (bicyclic) bond motifs is 1. The van der Waals surface area contributed by atoms with Gasteiger partial charge in [0.05, 0.1) is 12.3 Å². The van der Waals surface area contributed by atoms with Crippen molar-refractivity contribution in [2.75, 3.05) is 19.7 Å². The van der Waals surface area contributed by atoms with Gasteiger partial charge >= 0.3 is 11.6 Å². The molecular weight excluding hydrogens is 412 g/mol. The van der Waals surface area contributed by atoms with E-state index >= 15 is 0 Å². The number of rotatable bonds is 8. The van der Waals surface area contributed by atoms with Crippen LogP contribution in [0, 0.1) is 5.41 Å². The van der Waals surface area contributed by atoms with Gasteiger partial charge in [0.15, 0.2) is 5.88 Å². The van der Waals surface area contributed by atoms with Gasteiger partial charge in [-0.2, -0.15) is 4.98 Å². The van der Waals surface area contributed by atoms with Gasteiger partial charge in [-0.1, -0.05) is 25.9 Å². The van der Waals surface area contributed by atoms with Crippen LogP contribution in [0.3, 0.4) is 0 Å².